The first-order valence-corrected chi connectivity index (χ1v) is 8.29. The molecule has 0 aromatic heterocycles. The highest BCUT2D eigenvalue weighted by atomic mass is 19.4. The molecule has 0 saturated carbocycles. The fraction of sp³-hybridized carbons (Fsp3) is 0.316. The monoisotopic (exact) mass is 381 g/mol. The Morgan fingerprint density at radius 3 is 2.48 bits per heavy atom. The number of carboxylic acids is 1. The maximum Gasteiger partial charge on any atom is 0.417 e. The second-order valence-corrected chi connectivity index (χ2v) is 6.31. The van der Waals surface area contributed by atoms with Crippen LogP contribution in [0.2, 0.25) is 0 Å². The highest BCUT2D eigenvalue weighted by Crippen LogP contribution is 2.37. The fourth-order valence-corrected chi connectivity index (χ4v) is 3.08. The molecule has 3 N–H and O–H groups in total. The van der Waals surface area contributed by atoms with Gasteiger partial charge in [-0.3, -0.25) is 10.1 Å². The Kier molecular flexibility index (Phi) is 5.50. The summed E-state index contributed by atoms with van der Waals surface area (Å²) < 4.78 is 46.0. The molecular weight excluding hydrogens is 363 g/mol. The van der Waals surface area contributed by atoms with Crippen molar-refractivity contribution in [1.29, 1.82) is 0 Å². The minimum atomic E-state index is -4.54. The molecule has 0 spiro atoms. The molecule has 1 aliphatic rings. The van der Waals surface area contributed by atoms with Gasteiger partial charge in [0.1, 0.15) is 12.1 Å². The Balaban J connectivity index is 1.79. The van der Waals surface area contributed by atoms with E-state index in [0.29, 0.717) is 5.56 Å². The summed E-state index contributed by atoms with van der Waals surface area (Å²) in [6.07, 6.45) is -6.62. The minimum absolute atomic E-state index is 0.0698. The third kappa shape index (κ3) is 4.29. The van der Waals surface area contributed by atoms with Crippen molar-refractivity contribution >= 4 is 5.97 Å². The molecule has 27 heavy (non-hydrogen) atoms. The Morgan fingerprint density at radius 1 is 1.19 bits per heavy atom. The third-order valence-electron chi connectivity index (χ3n) is 4.47. The lowest BCUT2D eigenvalue weighted by Crippen LogP contribution is -2.40. The molecule has 3 atom stereocenters. The van der Waals surface area contributed by atoms with E-state index in [4.69, 9.17) is 9.84 Å². The number of carbonyl (C=O) groups is 1. The molecule has 0 aliphatic carbocycles. The summed E-state index contributed by atoms with van der Waals surface area (Å²) in [5.74, 6) is -1.21. The molecule has 1 fully saturated rings. The van der Waals surface area contributed by atoms with Crippen molar-refractivity contribution < 1.29 is 32.9 Å². The van der Waals surface area contributed by atoms with E-state index in [-0.39, 0.29) is 24.3 Å². The minimum Gasteiger partial charge on any atom is -0.480 e. The zero-order valence-corrected chi connectivity index (χ0v) is 14.1. The zero-order chi connectivity index (χ0) is 19.6. The van der Waals surface area contributed by atoms with Gasteiger partial charge in [-0.05, 0) is 22.8 Å². The number of ether oxygens (including phenoxy) is 1. The lowest BCUT2D eigenvalue weighted by molar-refractivity contribution is -0.143. The summed E-state index contributed by atoms with van der Waals surface area (Å²) in [5, 5.41) is 21.5. The maximum atomic E-state index is 13.5. The van der Waals surface area contributed by atoms with Crippen LogP contribution in [0.4, 0.5) is 13.2 Å². The molecule has 1 heterocycles. The van der Waals surface area contributed by atoms with Crippen LogP contribution >= 0.6 is 0 Å². The Bertz CT molecular complexity index is 810. The highest BCUT2D eigenvalue weighted by Gasteiger charge is 2.40. The average Bonchev–Trinajstić information content (AvgIpc) is 3.00. The smallest absolute Gasteiger partial charge is 0.417 e. The maximum absolute atomic E-state index is 13.5. The molecule has 0 amide bonds. The first-order chi connectivity index (χ1) is 12.8. The highest BCUT2D eigenvalue weighted by molar-refractivity contribution is 5.75. The molecule has 144 valence electrons. The van der Waals surface area contributed by atoms with Gasteiger partial charge in [-0.25, -0.2) is 0 Å². The largest absolute Gasteiger partial charge is 0.480 e. The Morgan fingerprint density at radius 2 is 1.89 bits per heavy atom. The molecule has 8 heteroatoms. The zero-order valence-electron chi connectivity index (χ0n) is 14.1. The molecule has 2 aromatic rings. The van der Waals surface area contributed by atoms with Crippen LogP contribution < -0.4 is 5.32 Å². The summed E-state index contributed by atoms with van der Waals surface area (Å²) in [6, 6.07) is 11.1. The number of aliphatic carboxylic acids is 1. The molecule has 0 bridgehead atoms. The first-order valence-electron chi connectivity index (χ1n) is 8.29. The summed E-state index contributed by atoms with van der Waals surface area (Å²) >= 11 is 0. The number of rotatable bonds is 5. The predicted molar refractivity (Wildman–Crippen MR) is 90.9 cm³/mol. The topological polar surface area (TPSA) is 78.8 Å². The normalized spacial score (nSPS) is 22.7. The second kappa shape index (κ2) is 7.67. The van der Waals surface area contributed by atoms with E-state index in [0.717, 1.165) is 6.07 Å². The van der Waals surface area contributed by atoms with Gasteiger partial charge in [0.15, 0.2) is 0 Å². The lowest BCUT2D eigenvalue weighted by atomic mass is 9.97. The number of alkyl halides is 3. The van der Waals surface area contributed by atoms with Crippen LogP contribution in [0, 0.1) is 0 Å². The van der Waals surface area contributed by atoms with Gasteiger partial charge in [0.25, 0.3) is 0 Å². The van der Waals surface area contributed by atoms with E-state index >= 15 is 0 Å². The Labute approximate surface area is 153 Å². The summed E-state index contributed by atoms with van der Waals surface area (Å²) in [5.41, 5.74) is 0.0358. The molecule has 3 rings (SSSR count). The van der Waals surface area contributed by atoms with E-state index in [9.17, 15) is 23.1 Å². The predicted octanol–water partition coefficient (Wildman–Crippen LogP) is 2.67. The van der Waals surface area contributed by atoms with Crippen LogP contribution in [0.1, 0.15) is 11.1 Å². The van der Waals surface area contributed by atoms with Crippen LogP contribution in [0.3, 0.4) is 0 Å². The lowest BCUT2D eigenvalue weighted by Gasteiger charge is -2.18. The van der Waals surface area contributed by atoms with E-state index in [2.05, 4.69) is 5.32 Å². The number of hydrogen-bond acceptors (Lipinski definition) is 4. The molecule has 0 unspecified atom stereocenters. The van der Waals surface area contributed by atoms with Crippen LogP contribution in [0.15, 0.2) is 48.5 Å². The first kappa shape index (κ1) is 19.3. The van der Waals surface area contributed by atoms with Gasteiger partial charge in [0.05, 0.1) is 18.3 Å². The molecule has 2 aromatic carbocycles. The fourth-order valence-electron chi connectivity index (χ4n) is 3.08. The van der Waals surface area contributed by atoms with Gasteiger partial charge < -0.3 is 14.9 Å². The van der Waals surface area contributed by atoms with Crippen molar-refractivity contribution in [3.8, 4) is 11.1 Å². The standard InChI is InChI=1S/C19H18F3NO4/c20-19(21,22)14-8-11(6-7-13(14)12-4-2-1-3-5-12)10-27-15-9-23-16(17(15)24)18(25)26/h1-8,15-17,23-24H,9-10H2,(H,25,26)/t15-,16+,17+/m0/s1. The molecule has 1 saturated heterocycles. The summed E-state index contributed by atoms with van der Waals surface area (Å²) in [6.45, 7) is -0.0692. The van der Waals surface area contributed by atoms with Gasteiger partial charge in [-0.1, -0.05) is 42.5 Å². The number of aliphatic hydroxyl groups excluding tert-OH is 1. The van der Waals surface area contributed by atoms with Crippen molar-refractivity contribution in [3.63, 3.8) is 0 Å². The van der Waals surface area contributed by atoms with Crippen LogP contribution in [0.25, 0.3) is 11.1 Å². The average molecular weight is 381 g/mol. The number of nitrogens with one attached hydrogen (secondary N) is 1. The van der Waals surface area contributed by atoms with Crippen LogP contribution in [-0.2, 0) is 22.3 Å². The molecule has 0 radical (unpaired) electrons. The van der Waals surface area contributed by atoms with Gasteiger partial charge in [0, 0.05) is 6.54 Å². The number of carboxylic acid groups (broad SMARTS) is 1. The van der Waals surface area contributed by atoms with Crippen LogP contribution in [-0.4, -0.2) is 41.0 Å². The Hall–Kier alpha value is -2.42. The van der Waals surface area contributed by atoms with E-state index in [1.165, 1.54) is 12.1 Å². The molecule has 1 aliphatic heterocycles. The summed E-state index contributed by atoms with van der Waals surface area (Å²) in [4.78, 5) is 11.0. The van der Waals surface area contributed by atoms with Crippen molar-refractivity contribution in [2.45, 2.75) is 31.0 Å². The van der Waals surface area contributed by atoms with E-state index < -0.39 is 36.0 Å². The summed E-state index contributed by atoms with van der Waals surface area (Å²) in [7, 11) is 0. The van der Waals surface area contributed by atoms with Crippen LogP contribution in [0.5, 0.6) is 0 Å². The molecule has 5 nitrogen and oxygen atoms in total. The van der Waals surface area contributed by atoms with E-state index in [1.54, 1.807) is 30.3 Å². The molecular formula is C19H18F3NO4. The third-order valence-corrected chi connectivity index (χ3v) is 4.47. The second-order valence-electron chi connectivity index (χ2n) is 6.31. The van der Waals surface area contributed by atoms with Gasteiger partial charge in [-0.2, -0.15) is 13.2 Å². The van der Waals surface area contributed by atoms with Crippen molar-refractivity contribution in [2.24, 2.45) is 0 Å². The van der Waals surface area contributed by atoms with E-state index in [1.807, 2.05) is 0 Å². The number of aliphatic hydroxyl groups is 1. The van der Waals surface area contributed by atoms with Crippen molar-refractivity contribution in [3.05, 3.63) is 59.7 Å². The number of benzene rings is 2. The number of halogens is 3. The SMILES string of the molecule is O=C(O)[C@@H]1NC[C@H](OCc2ccc(-c3ccccc3)c(C(F)(F)F)c2)[C@H]1O. The van der Waals surface area contributed by atoms with Gasteiger partial charge in [-0.15, -0.1) is 0 Å². The number of hydrogen-bond donors (Lipinski definition) is 3. The van der Waals surface area contributed by atoms with Crippen molar-refractivity contribution in [2.75, 3.05) is 6.54 Å². The van der Waals surface area contributed by atoms with Crippen molar-refractivity contribution in [1.82, 2.24) is 5.32 Å². The quantitative estimate of drug-likeness (QED) is 0.742. The van der Waals surface area contributed by atoms with Gasteiger partial charge >= 0.3 is 12.1 Å². The van der Waals surface area contributed by atoms with Gasteiger partial charge in [0.2, 0.25) is 0 Å².